The van der Waals surface area contributed by atoms with E-state index in [4.69, 9.17) is 5.73 Å². The van der Waals surface area contributed by atoms with Crippen LogP contribution < -0.4 is 10.6 Å². The number of aliphatic hydroxyl groups excluding tert-OH is 1. The minimum Gasteiger partial charge on any atom is -0.396 e. The number of anilines is 3. The molecule has 2 aromatic heterocycles. The number of imidazole rings is 1. The van der Waals surface area contributed by atoms with Gasteiger partial charge in [0, 0.05) is 22.6 Å². The highest BCUT2D eigenvalue weighted by Crippen LogP contribution is 2.42. The number of halogens is 1. The van der Waals surface area contributed by atoms with Gasteiger partial charge >= 0.3 is 0 Å². The maximum Gasteiger partial charge on any atom is 0.224 e. The van der Waals surface area contributed by atoms with E-state index < -0.39 is 0 Å². The highest BCUT2D eigenvalue weighted by molar-refractivity contribution is 9.10. The van der Waals surface area contributed by atoms with Gasteiger partial charge in [0.1, 0.15) is 5.52 Å². The second-order valence-corrected chi connectivity index (χ2v) is 6.12. The number of aliphatic hydroxyl groups is 1. The first kappa shape index (κ1) is 13.5. The summed E-state index contributed by atoms with van der Waals surface area (Å²) < 4.78 is 0.970. The lowest BCUT2D eigenvalue weighted by Gasteiger charge is -2.19. The summed E-state index contributed by atoms with van der Waals surface area (Å²) in [6, 6.07) is 6.02. The zero-order chi connectivity index (χ0) is 15.3. The molecule has 8 heteroatoms. The summed E-state index contributed by atoms with van der Waals surface area (Å²) in [5.74, 6) is 0.895. The molecule has 0 aliphatic carbocycles. The third-order valence-electron chi connectivity index (χ3n) is 3.89. The van der Waals surface area contributed by atoms with Crippen LogP contribution in [0.2, 0.25) is 0 Å². The third kappa shape index (κ3) is 1.95. The number of nitrogen functional groups attached to an aromatic ring is 1. The Morgan fingerprint density at radius 3 is 3.09 bits per heavy atom. The minimum atomic E-state index is 0.0391. The number of nitrogens with two attached hydrogens (primary N) is 1. The van der Waals surface area contributed by atoms with Crippen LogP contribution in [0.3, 0.4) is 0 Å². The van der Waals surface area contributed by atoms with E-state index >= 15 is 0 Å². The summed E-state index contributed by atoms with van der Waals surface area (Å²) in [4.78, 5) is 17.8. The fourth-order valence-electron chi connectivity index (χ4n) is 2.90. The monoisotopic (exact) mass is 360 g/mol. The molecule has 0 saturated carbocycles. The van der Waals surface area contributed by atoms with Crippen molar-refractivity contribution >= 4 is 44.5 Å². The van der Waals surface area contributed by atoms with E-state index in [-0.39, 0.29) is 18.5 Å². The van der Waals surface area contributed by atoms with E-state index in [9.17, 15) is 5.11 Å². The van der Waals surface area contributed by atoms with Crippen molar-refractivity contribution in [1.29, 1.82) is 0 Å². The van der Waals surface area contributed by atoms with Crippen LogP contribution in [0.4, 0.5) is 17.5 Å². The SMILES string of the molecule is Nc1nc(N2CC(CO)c3ccc(Br)cc32)c2[nH]cnc2n1. The average molecular weight is 361 g/mol. The lowest BCUT2D eigenvalue weighted by atomic mass is 10.0. The molecule has 4 rings (SSSR count). The maximum atomic E-state index is 9.66. The Balaban J connectivity index is 1.93. The van der Waals surface area contributed by atoms with E-state index in [1.807, 2.05) is 23.1 Å². The lowest BCUT2D eigenvalue weighted by molar-refractivity contribution is 0.271. The first-order valence-corrected chi connectivity index (χ1v) is 7.61. The molecule has 0 fully saturated rings. The smallest absolute Gasteiger partial charge is 0.224 e. The number of benzene rings is 1. The summed E-state index contributed by atoms with van der Waals surface area (Å²) in [6.45, 7) is 0.713. The number of nitrogens with one attached hydrogen (secondary N) is 1. The molecule has 1 aliphatic heterocycles. The van der Waals surface area contributed by atoms with Crippen molar-refractivity contribution in [3.63, 3.8) is 0 Å². The van der Waals surface area contributed by atoms with Gasteiger partial charge in [-0.15, -0.1) is 0 Å². The second-order valence-electron chi connectivity index (χ2n) is 5.20. The Hall–Kier alpha value is -2.19. The average Bonchev–Trinajstić information content (AvgIpc) is 3.09. The molecule has 112 valence electrons. The molecule has 4 N–H and O–H groups in total. The van der Waals surface area contributed by atoms with Gasteiger partial charge in [0.15, 0.2) is 11.5 Å². The summed E-state index contributed by atoms with van der Waals surface area (Å²) in [5, 5.41) is 9.66. The minimum absolute atomic E-state index is 0.0391. The molecule has 0 radical (unpaired) electrons. The van der Waals surface area contributed by atoms with Crippen molar-refractivity contribution in [1.82, 2.24) is 19.9 Å². The van der Waals surface area contributed by atoms with Crippen LogP contribution in [0.5, 0.6) is 0 Å². The number of hydrogen-bond donors (Lipinski definition) is 3. The molecule has 1 unspecified atom stereocenters. The highest BCUT2D eigenvalue weighted by Gasteiger charge is 2.31. The topological polar surface area (TPSA) is 104 Å². The predicted molar refractivity (Wildman–Crippen MR) is 87.1 cm³/mol. The largest absolute Gasteiger partial charge is 0.396 e. The first-order chi connectivity index (χ1) is 10.7. The summed E-state index contributed by atoms with van der Waals surface area (Å²) >= 11 is 3.50. The molecule has 3 aromatic rings. The molecule has 0 amide bonds. The Labute approximate surface area is 134 Å². The number of fused-ring (bicyclic) bond motifs is 2. The fraction of sp³-hybridized carbons (Fsp3) is 0.214. The molecule has 1 aromatic carbocycles. The number of hydrogen-bond acceptors (Lipinski definition) is 6. The molecule has 3 heterocycles. The molecule has 0 spiro atoms. The molecule has 7 nitrogen and oxygen atoms in total. The van der Waals surface area contributed by atoms with Crippen molar-refractivity contribution in [3.05, 3.63) is 34.6 Å². The van der Waals surface area contributed by atoms with Crippen LogP contribution in [0.15, 0.2) is 29.0 Å². The predicted octanol–water partition coefficient (Wildman–Crippen LogP) is 1.93. The summed E-state index contributed by atoms with van der Waals surface area (Å²) in [6.07, 6.45) is 1.57. The van der Waals surface area contributed by atoms with Crippen LogP contribution in [-0.2, 0) is 0 Å². The standard InChI is InChI=1S/C14H13BrN6O/c15-8-1-2-9-7(5-22)4-21(10(9)3-8)13-11-12(18-6-17-11)19-14(16)20-13/h1-3,6-7,22H,4-5H2,(H3,16,17,18,19,20). The van der Waals surface area contributed by atoms with Crippen molar-refractivity contribution in [2.45, 2.75) is 5.92 Å². The Kier molecular flexibility index (Phi) is 3.02. The van der Waals surface area contributed by atoms with Crippen molar-refractivity contribution in [2.24, 2.45) is 0 Å². The van der Waals surface area contributed by atoms with E-state index in [0.717, 1.165) is 21.2 Å². The van der Waals surface area contributed by atoms with Crippen LogP contribution in [-0.4, -0.2) is 38.2 Å². The van der Waals surface area contributed by atoms with Crippen molar-refractivity contribution in [2.75, 3.05) is 23.8 Å². The fourth-order valence-corrected chi connectivity index (χ4v) is 3.25. The summed E-state index contributed by atoms with van der Waals surface area (Å²) in [5.41, 5.74) is 9.17. The van der Waals surface area contributed by atoms with E-state index in [2.05, 4.69) is 35.9 Å². The number of aromatic nitrogens is 4. The third-order valence-corrected chi connectivity index (χ3v) is 4.38. The molecular formula is C14H13BrN6O. The van der Waals surface area contributed by atoms with Crippen molar-refractivity contribution in [3.8, 4) is 0 Å². The normalized spacial score (nSPS) is 17.2. The van der Waals surface area contributed by atoms with Crippen LogP contribution in [0, 0.1) is 0 Å². The maximum absolute atomic E-state index is 9.66. The van der Waals surface area contributed by atoms with Gasteiger partial charge in [-0.3, -0.25) is 0 Å². The molecular weight excluding hydrogens is 348 g/mol. The quantitative estimate of drug-likeness (QED) is 0.644. The number of rotatable bonds is 2. The lowest BCUT2D eigenvalue weighted by Crippen LogP contribution is -2.19. The zero-order valence-electron chi connectivity index (χ0n) is 11.5. The first-order valence-electron chi connectivity index (χ1n) is 6.82. The van der Waals surface area contributed by atoms with E-state index in [1.165, 1.54) is 0 Å². The van der Waals surface area contributed by atoms with Crippen molar-refractivity contribution < 1.29 is 5.11 Å². The Morgan fingerprint density at radius 2 is 2.27 bits per heavy atom. The van der Waals surface area contributed by atoms with E-state index in [1.54, 1.807) is 6.33 Å². The number of aromatic amines is 1. The van der Waals surface area contributed by atoms with Gasteiger partial charge in [-0.2, -0.15) is 9.97 Å². The van der Waals surface area contributed by atoms with Crippen LogP contribution in [0.1, 0.15) is 11.5 Å². The number of H-pyrrole nitrogens is 1. The van der Waals surface area contributed by atoms with Gasteiger partial charge in [-0.1, -0.05) is 22.0 Å². The van der Waals surface area contributed by atoms with E-state index in [0.29, 0.717) is 18.0 Å². The van der Waals surface area contributed by atoms with Crippen LogP contribution >= 0.6 is 15.9 Å². The molecule has 22 heavy (non-hydrogen) atoms. The van der Waals surface area contributed by atoms with Crippen LogP contribution in [0.25, 0.3) is 11.2 Å². The second kappa shape index (κ2) is 4.92. The highest BCUT2D eigenvalue weighted by atomic mass is 79.9. The van der Waals surface area contributed by atoms with Gasteiger partial charge in [0.2, 0.25) is 5.95 Å². The van der Waals surface area contributed by atoms with Gasteiger partial charge in [0.25, 0.3) is 0 Å². The van der Waals surface area contributed by atoms with Gasteiger partial charge in [0.05, 0.1) is 12.9 Å². The Morgan fingerprint density at radius 1 is 1.41 bits per heavy atom. The molecule has 1 aliphatic rings. The molecule has 0 saturated heterocycles. The van der Waals surface area contributed by atoms with Gasteiger partial charge in [-0.05, 0) is 17.7 Å². The zero-order valence-corrected chi connectivity index (χ0v) is 13.1. The number of nitrogens with zero attached hydrogens (tertiary/aromatic N) is 4. The van der Waals surface area contributed by atoms with Gasteiger partial charge in [-0.25, -0.2) is 4.98 Å². The summed E-state index contributed by atoms with van der Waals surface area (Å²) in [7, 11) is 0. The molecule has 1 atom stereocenters. The Bertz CT molecular complexity index is 864. The molecule has 0 bridgehead atoms. The van der Waals surface area contributed by atoms with Gasteiger partial charge < -0.3 is 20.7 Å².